The Hall–Kier alpha value is -4.52. The number of amides is 1. The molecule has 0 radical (unpaired) electrons. The topological polar surface area (TPSA) is 191 Å². The molecule has 2 heterocycles. The number of nitrogens with one attached hydrogen (secondary N) is 1. The summed E-state index contributed by atoms with van der Waals surface area (Å²) in [6.07, 6.45) is 8.73. The summed E-state index contributed by atoms with van der Waals surface area (Å²) in [4.78, 5) is 38.3. The predicted octanol–water partition coefficient (Wildman–Crippen LogP) is 2.81. The van der Waals surface area contributed by atoms with E-state index in [1.165, 1.54) is 29.8 Å². The fraction of sp³-hybridized carbons (Fsp3) is 0.300. The van der Waals surface area contributed by atoms with Gasteiger partial charge in [0, 0.05) is 47.9 Å². The molecule has 2 aromatic heterocycles. The van der Waals surface area contributed by atoms with Crippen LogP contribution in [0.3, 0.4) is 0 Å². The number of halogens is 1. The van der Waals surface area contributed by atoms with Gasteiger partial charge in [0.15, 0.2) is 0 Å². The van der Waals surface area contributed by atoms with Crippen LogP contribution in [-0.2, 0) is 4.79 Å². The van der Waals surface area contributed by atoms with Crippen LogP contribution in [0.4, 0.5) is 5.69 Å². The molecule has 0 saturated carbocycles. The van der Waals surface area contributed by atoms with Gasteiger partial charge in [0.05, 0.1) is 53.2 Å². The number of hydrazine groups is 1. The second-order valence-corrected chi connectivity index (χ2v) is 10.6. The molecule has 12 nitrogen and oxygen atoms in total. The van der Waals surface area contributed by atoms with Crippen LogP contribution in [-0.4, -0.2) is 45.4 Å². The van der Waals surface area contributed by atoms with Crippen LogP contribution in [0.2, 0.25) is 5.02 Å². The van der Waals surface area contributed by atoms with Crippen molar-refractivity contribution in [1.82, 2.24) is 19.9 Å². The summed E-state index contributed by atoms with van der Waals surface area (Å²) < 4.78 is 1.55. The van der Waals surface area contributed by atoms with Crippen LogP contribution >= 0.6 is 11.6 Å². The Bertz CT molecular complexity index is 1570. The van der Waals surface area contributed by atoms with Gasteiger partial charge < -0.3 is 21.9 Å². The zero-order valence-electron chi connectivity index (χ0n) is 24.4. The Morgan fingerprint density at radius 2 is 1.98 bits per heavy atom. The Kier molecular flexibility index (Phi) is 12.0. The molecule has 3 aromatic rings. The first-order valence-corrected chi connectivity index (χ1v) is 14.1. The Labute approximate surface area is 255 Å². The Balaban J connectivity index is 2.10. The maximum absolute atomic E-state index is 13.7. The van der Waals surface area contributed by atoms with Crippen LogP contribution < -0.4 is 33.2 Å². The molecule has 1 amide bonds. The number of hydrogen-bond donors (Lipinski definition) is 5. The van der Waals surface area contributed by atoms with Gasteiger partial charge in [-0.2, -0.15) is 0 Å². The summed E-state index contributed by atoms with van der Waals surface area (Å²) in [7, 11) is 1.60. The van der Waals surface area contributed by atoms with Crippen LogP contribution in [0, 0.1) is 5.92 Å². The second kappa shape index (κ2) is 15.6. The summed E-state index contributed by atoms with van der Waals surface area (Å²) in [5, 5.41) is 13.5. The molecule has 1 unspecified atom stereocenters. The van der Waals surface area contributed by atoms with Crippen LogP contribution in [0.1, 0.15) is 50.4 Å². The van der Waals surface area contributed by atoms with E-state index in [9.17, 15) is 14.7 Å². The second-order valence-electron chi connectivity index (χ2n) is 10.2. The van der Waals surface area contributed by atoms with Crippen molar-refractivity contribution in [2.75, 3.05) is 18.7 Å². The summed E-state index contributed by atoms with van der Waals surface area (Å²) in [5.74, 6) is 6.67. The first-order chi connectivity index (χ1) is 20.6. The standard InChI is InChI=1S/C30H38ClN9O3/c1-19(2)5-4-6-28(25-11-20(9-10-36-25)30(35-3)26(14-32)38-18-42)39-17-37-24(13-29(39)43)23-12-21(31)7-8-27(23)40(34)15-22(33)16-41/h7-15,17-19,28,41H,4-6,16,32-34H2,1-3H3,(H,38,42)/b22-15-,26-14?,35-30?. The number of aliphatic hydroxyl groups is 1. The van der Waals surface area contributed by atoms with Crippen molar-refractivity contribution in [3.63, 3.8) is 0 Å². The molecular weight excluding hydrogens is 570 g/mol. The van der Waals surface area contributed by atoms with Crippen LogP contribution in [0.5, 0.6) is 0 Å². The highest BCUT2D eigenvalue weighted by Gasteiger charge is 2.21. The highest BCUT2D eigenvalue weighted by atomic mass is 35.5. The number of pyridine rings is 1. The minimum absolute atomic E-state index is 0.151. The number of anilines is 1. The SMILES string of the molecule is CN=C(C(=CN)NC=O)c1ccnc(C(CCCC(C)C)n2cnc(-c3cc(Cl)ccc3N(N)/C=C(\N)CO)cc2=O)c1. The minimum Gasteiger partial charge on any atom is -0.403 e. The molecule has 8 N–H and O–H groups in total. The molecule has 0 spiro atoms. The van der Waals surface area contributed by atoms with E-state index in [4.69, 9.17) is 28.9 Å². The molecule has 0 saturated heterocycles. The van der Waals surface area contributed by atoms with E-state index in [2.05, 4.69) is 34.1 Å². The average molecular weight is 608 g/mol. The van der Waals surface area contributed by atoms with Crippen molar-refractivity contribution in [3.05, 3.63) is 99.4 Å². The zero-order valence-corrected chi connectivity index (χ0v) is 25.2. The first-order valence-electron chi connectivity index (χ1n) is 13.7. The molecule has 3 rings (SSSR count). The smallest absolute Gasteiger partial charge is 0.254 e. The van der Waals surface area contributed by atoms with Gasteiger partial charge in [-0.15, -0.1) is 0 Å². The van der Waals surface area contributed by atoms with Gasteiger partial charge in [-0.1, -0.05) is 38.3 Å². The number of carbonyl (C=O) groups is 1. The third-order valence-corrected chi connectivity index (χ3v) is 6.92. The normalized spacial score (nSPS) is 13.2. The zero-order chi connectivity index (χ0) is 31.5. The van der Waals surface area contributed by atoms with Gasteiger partial charge in [0.25, 0.3) is 5.56 Å². The quantitative estimate of drug-likeness (QED) is 0.0793. The van der Waals surface area contributed by atoms with Gasteiger partial charge in [-0.05, 0) is 42.7 Å². The fourth-order valence-corrected chi connectivity index (χ4v) is 4.78. The maximum atomic E-state index is 13.7. The number of benzene rings is 1. The molecule has 0 aliphatic heterocycles. The molecule has 0 bridgehead atoms. The van der Waals surface area contributed by atoms with Gasteiger partial charge in [-0.25, -0.2) is 10.8 Å². The van der Waals surface area contributed by atoms with E-state index in [1.54, 1.807) is 42.1 Å². The number of aliphatic imine (C=N–C) groups is 1. The van der Waals surface area contributed by atoms with Crippen molar-refractivity contribution < 1.29 is 9.90 Å². The van der Waals surface area contributed by atoms with Crippen LogP contribution in [0.25, 0.3) is 11.3 Å². The first kappa shape index (κ1) is 33.0. The maximum Gasteiger partial charge on any atom is 0.254 e. The monoisotopic (exact) mass is 607 g/mol. The molecule has 228 valence electrons. The average Bonchev–Trinajstić information content (AvgIpc) is 2.99. The highest BCUT2D eigenvalue weighted by Crippen LogP contribution is 2.32. The van der Waals surface area contributed by atoms with Crippen LogP contribution in [0.15, 0.2) is 82.5 Å². The molecule has 1 atom stereocenters. The lowest BCUT2D eigenvalue weighted by Crippen LogP contribution is -2.28. The van der Waals surface area contributed by atoms with Crippen molar-refractivity contribution >= 4 is 29.4 Å². The Morgan fingerprint density at radius 3 is 2.60 bits per heavy atom. The summed E-state index contributed by atoms with van der Waals surface area (Å²) in [5.41, 5.74) is 14.8. The summed E-state index contributed by atoms with van der Waals surface area (Å²) >= 11 is 6.29. The number of rotatable bonds is 14. The van der Waals surface area contributed by atoms with Crippen molar-refractivity contribution in [1.29, 1.82) is 0 Å². The number of nitrogens with two attached hydrogens (primary N) is 3. The molecular formula is C30H38ClN9O3. The van der Waals surface area contributed by atoms with Crippen molar-refractivity contribution in [2.45, 2.75) is 39.2 Å². The number of hydrogen-bond acceptors (Lipinski definition) is 10. The van der Waals surface area contributed by atoms with Crippen molar-refractivity contribution in [3.8, 4) is 11.3 Å². The summed E-state index contributed by atoms with van der Waals surface area (Å²) in [6, 6.07) is 9.55. The lowest BCUT2D eigenvalue weighted by molar-refractivity contribution is -0.108. The van der Waals surface area contributed by atoms with Gasteiger partial charge in [-0.3, -0.25) is 29.1 Å². The predicted molar refractivity (Wildman–Crippen MR) is 170 cm³/mol. The van der Waals surface area contributed by atoms with E-state index >= 15 is 0 Å². The van der Waals surface area contributed by atoms with Crippen molar-refractivity contribution in [2.24, 2.45) is 28.2 Å². The van der Waals surface area contributed by atoms with Gasteiger partial charge in [0.2, 0.25) is 6.41 Å². The fourth-order valence-electron chi connectivity index (χ4n) is 4.61. The molecule has 0 aliphatic rings. The minimum atomic E-state index is -0.438. The molecule has 0 aliphatic carbocycles. The lowest BCUT2D eigenvalue weighted by Gasteiger charge is -2.22. The molecule has 0 fully saturated rings. The lowest BCUT2D eigenvalue weighted by atomic mass is 9.98. The van der Waals surface area contributed by atoms with E-state index in [0.717, 1.165) is 12.8 Å². The molecule has 43 heavy (non-hydrogen) atoms. The molecule has 1 aromatic carbocycles. The highest BCUT2D eigenvalue weighted by molar-refractivity contribution is 6.31. The third-order valence-electron chi connectivity index (χ3n) is 6.69. The van der Waals surface area contributed by atoms with E-state index < -0.39 is 6.04 Å². The number of nitrogens with zero attached hydrogens (tertiary/aromatic N) is 5. The number of allylic oxidation sites excluding steroid dienone is 1. The number of aliphatic hydroxyl groups excluding tert-OH is 1. The number of carbonyl (C=O) groups excluding carboxylic acids is 1. The number of aromatic nitrogens is 3. The summed E-state index contributed by atoms with van der Waals surface area (Å²) in [6.45, 7) is 3.92. The molecule has 13 heteroatoms. The van der Waals surface area contributed by atoms with E-state index in [1.807, 2.05) is 6.07 Å². The largest absolute Gasteiger partial charge is 0.403 e. The van der Waals surface area contributed by atoms with Gasteiger partial charge in [0.1, 0.15) is 0 Å². The van der Waals surface area contributed by atoms with E-state index in [0.29, 0.717) is 63.4 Å². The Morgan fingerprint density at radius 1 is 1.21 bits per heavy atom. The third kappa shape index (κ3) is 8.51. The van der Waals surface area contributed by atoms with Gasteiger partial charge >= 0.3 is 0 Å². The van der Waals surface area contributed by atoms with E-state index in [-0.39, 0.29) is 17.9 Å².